The van der Waals surface area contributed by atoms with Gasteiger partial charge in [-0.25, -0.2) is 13.8 Å². The number of aliphatic hydroxyl groups excluding tert-OH is 1. The second kappa shape index (κ2) is 7.14. The third-order valence-corrected chi connectivity index (χ3v) is 4.42. The minimum atomic E-state index is -0.919. The molecule has 1 amide bonds. The quantitative estimate of drug-likeness (QED) is 0.871. The van der Waals surface area contributed by atoms with E-state index < -0.39 is 35.3 Å². The summed E-state index contributed by atoms with van der Waals surface area (Å²) in [6.07, 6.45) is 2.11. The van der Waals surface area contributed by atoms with Crippen LogP contribution in [-0.4, -0.2) is 29.2 Å². The van der Waals surface area contributed by atoms with E-state index in [1.807, 2.05) is 0 Å². The fourth-order valence-corrected chi connectivity index (χ4v) is 3.00. The molecule has 5 nitrogen and oxygen atoms in total. The topological polar surface area (TPSA) is 71.5 Å². The summed E-state index contributed by atoms with van der Waals surface area (Å²) < 4.78 is 32.7. The number of nitrogens with one attached hydrogen (secondary N) is 1. The molecule has 1 fully saturated rings. The van der Waals surface area contributed by atoms with Crippen molar-refractivity contribution in [3.8, 4) is 5.88 Å². The fraction of sp³-hybridized carbons (Fsp3) is 0.333. The first-order valence-electron chi connectivity index (χ1n) is 7.92. The zero-order valence-electron chi connectivity index (χ0n) is 13.6. The Morgan fingerprint density at radius 2 is 1.96 bits per heavy atom. The van der Waals surface area contributed by atoms with Crippen LogP contribution in [0.2, 0.25) is 0 Å². The number of hydrogen-bond donors (Lipinski definition) is 2. The molecule has 0 radical (unpaired) electrons. The third-order valence-electron chi connectivity index (χ3n) is 4.42. The number of rotatable bonds is 5. The van der Waals surface area contributed by atoms with Gasteiger partial charge in [0.15, 0.2) is 0 Å². The summed E-state index contributed by atoms with van der Waals surface area (Å²) in [6.45, 7) is 0. The number of hydrogen-bond acceptors (Lipinski definition) is 4. The van der Waals surface area contributed by atoms with Crippen molar-refractivity contribution in [1.29, 1.82) is 0 Å². The Hall–Kier alpha value is -2.54. The molecule has 0 bridgehead atoms. The number of pyridine rings is 1. The van der Waals surface area contributed by atoms with Gasteiger partial charge in [0.05, 0.1) is 19.3 Å². The Balaban J connectivity index is 1.86. The number of methoxy groups -OCH3 is 1. The SMILES string of the molecule is COc1ccc([C@@H](NC(=O)c2c(F)cccc2F)C2CC(O)C2)cn1. The van der Waals surface area contributed by atoms with Gasteiger partial charge in [-0.05, 0) is 36.5 Å². The van der Waals surface area contributed by atoms with E-state index in [4.69, 9.17) is 4.74 Å². The van der Waals surface area contributed by atoms with E-state index in [0.29, 0.717) is 24.3 Å². The molecule has 1 heterocycles. The van der Waals surface area contributed by atoms with Gasteiger partial charge in [0, 0.05) is 12.3 Å². The first kappa shape index (κ1) is 17.3. The van der Waals surface area contributed by atoms with Gasteiger partial charge in [0.1, 0.15) is 17.2 Å². The van der Waals surface area contributed by atoms with Gasteiger partial charge < -0.3 is 15.2 Å². The largest absolute Gasteiger partial charge is 0.481 e. The number of ether oxygens (including phenoxy) is 1. The highest BCUT2D eigenvalue weighted by Gasteiger charge is 2.36. The molecule has 132 valence electrons. The molecule has 1 aliphatic rings. The van der Waals surface area contributed by atoms with Gasteiger partial charge in [0.2, 0.25) is 5.88 Å². The third kappa shape index (κ3) is 3.61. The molecule has 7 heteroatoms. The van der Waals surface area contributed by atoms with Crippen LogP contribution in [0.4, 0.5) is 8.78 Å². The number of amides is 1. The lowest BCUT2D eigenvalue weighted by Gasteiger charge is -2.38. The van der Waals surface area contributed by atoms with Crippen molar-refractivity contribution >= 4 is 5.91 Å². The zero-order valence-corrected chi connectivity index (χ0v) is 13.6. The highest BCUT2D eigenvalue weighted by Crippen LogP contribution is 2.38. The summed E-state index contributed by atoms with van der Waals surface area (Å²) in [6, 6.07) is 6.15. The molecular formula is C18H18F2N2O3. The summed E-state index contributed by atoms with van der Waals surface area (Å²) in [5, 5.41) is 12.2. The Kier molecular flexibility index (Phi) is 4.94. The molecule has 25 heavy (non-hydrogen) atoms. The van der Waals surface area contributed by atoms with Gasteiger partial charge in [0.25, 0.3) is 5.91 Å². The van der Waals surface area contributed by atoms with Crippen molar-refractivity contribution in [2.75, 3.05) is 7.11 Å². The maximum Gasteiger partial charge on any atom is 0.257 e. The highest BCUT2D eigenvalue weighted by molar-refractivity contribution is 5.95. The maximum absolute atomic E-state index is 13.8. The van der Waals surface area contributed by atoms with E-state index in [9.17, 15) is 18.7 Å². The van der Waals surface area contributed by atoms with Crippen LogP contribution in [0.25, 0.3) is 0 Å². The van der Waals surface area contributed by atoms with Crippen molar-refractivity contribution in [3.05, 3.63) is 59.3 Å². The molecular weight excluding hydrogens is 330 g/mol. The molecule has 2 aromatic rings. The van der Waals surface area contributed by atoms with Crippen molar-refractivity contribution < 1.29 is 23.4 Å². The number of carbonyl (C=O) groups excluding carboxylic acids is 1. The van der Waals surface area contributed by atoms with Crippen LogP contribution >= 0.6 is 0 Å². The van der Waals surface area contributed by atoms with Crippen LogP contribution in [0.5, 0.6) is 5.88 Å². The number of halogens is 2. The Morgan fingerprint density at radius 3 is 2.48 bits per heavy atom. The molecule has 0 aliphatic heterocycles. The normalized spacial score (nSPS) is 20.5. The van der Waals surface area contributed by atoms with E-state index >= 15 is 0 Å². The molecule has 1 saturated carbocycles. The van der Waals surface area contributed by atoms with E-state index in [-0.39, 0.29) is 5.92 Å². The summed E-state index contributed by atoms with van der Waals surface area (Å²) in [4.78, 5) is 16.5. The minimum Gasteiger partial charge on any atom is -0.481 e. The van der Waals surface area contributed by atoms with Gasteiger partial charge in [-0.2, -0.15) is 0 Å². The molecule has 1 aliphatic carbocycles. The molecule has 1 aromatic carbocycles. The Bertz CT molecular complexity index is 741. The van der Waals surface area contributed by atoms with Crippen molar-refractivity contribution in [2.45, 2.75) is 25.0 Å². The number of aromatic nitrogens is 1. The Morgan fingerprint density at radius 1 is 1.28 bits per heavy atom. The standard InChI is InChI=1S/C18H18F2N2O3/c1-25-15-6-5-10(9-21-15)17(11-7-12(23)8-11)22-18(24)16-13(19)3-2-4-14(16)20/h2-6,9,11-12,17,23H,7-8H2,1H3,(H,22,24)/t11?,12?,17-/m1/s1. The number of benzene rings is 1. The van der Waals surface area contributed by atoms with Crippen LogP contribution in [0.3, 0.4) is 0 Å². The number of nitrogens with zero attached hydrogens (tertiary/aromatic N) is 1. The molecule has 1 aromatic heterocycles. The van der Waals surface area contributed by atoms with E-state index in [1.54, 1.807) is 18.3 Å². The maximum atomic E-state index is 13.8. The van der Waals surface area contributed by atoms with Gasteiger partial charge in [-0.15, -0.1) is 0 Å². The van der Waals surface area contributed by atoms with Crippen LogP contribution < -0.4 is 10.1 Å². The van der Waals surface area contributed by atoms with Crippen LogP contribution in [0.1, 0.15) is 34.8 Å². The first-order valence-corrected chi connectivity index (χ1v) is 7.92. The van der Waals surface area contributed by atoms with Crippen molar-refractivity contribution in [1.82, 2.24) is 10.3 Å². The summed E-state index contributed by atoms with van der Waals surface area (Å²) in [5.41, 5.74) is 0.0663. The van der Waals surface area contributed by atoms with E-state index in [1.165, 1.54) is 13.2 Å². The fourth-order valence-electron chi connectivity index (χ4n) is 3.00. The first-order chi connectivity index (χ1) is 12.0. The molecule has 0 spiro atoms. The second-order valence-electron chi connectivity index (χ2n) is 6.07. The molecule has 1 atom stereocenters. The average Bonchev–Trinajstić information content (AvgIpc) is 2.57. The predicted molar refractivity (Wildman–Crippen MR) is 86.1 cm³/mol. The second-order valence-corrected chi connectivity index (χ2v) is 6.07. The summed E-state index contributed by atoms with van der Waals surface area (Å²) >= 11 is 0. The van der Waals surface area contributed by atoms with Gasteiger partial charge in [-0.3, -0.25) is 4.79 Å². The number of carbonyl (C=O) groups is 1. The van der Waals surface area contributed by atoms with Crippen molar-refractivity contribution in [3.63, 3.8) is 0 Å². The smallest absolute Gasteiger partial charge is 0.257 e. The molecule has 2 N–H and O–H groups in total. The summed E-state index contributed by atoms with van der Waals surface area (Å²) in [7, 11) is 1.49. The molecule has 0 unspecified atom stereocenters. The van der Waals surface area contributed by atoms with Crippen LogP contribution in [-0.2, 0) is 0 Å². The number of aliphatic hydroxyl groups is 1. The monoisotopic (exact) mass is 348 g/mol. The predicted octanol–water partition coefficient (Wildman–Crippen LogP) is 2.61. The Labute approximate surface area is 143 Å². The van der Waals surface area contributed by atoms with Crippen molar-refractivity contribution in [2.24, 2.45) is 5.92 Å². The van der Waals surface area contributed by atoms with E-state index in [2.05, 4.69) is 10.3 Å². The van der Waals surface area contributed by atoms with Crippen LogP contribution in [0, 0.1) is 17.6 Å². The lowest BCUT2D eigenvalue weighted by atomic mass is 9.75. The lowest BCUT2D eigenvalue weighted by Crippen LogP contribution is -2.41. The average molecular weight is 348 g/mol. The summed E-state index contributed by atoms with van der Waals surface area (Å²) in [5.74, 6) is -2.29. The molecule has 0 saturated heterocycles. The van der Waals surface area contributed by atoms with E-state index in [0.717, 1.165) is 12.1 Å². The molecule has 3 rings (SSSR count). The zero-order chi connectivity index (χ0) is 18.0. The lowest BCUT2D eigenvalue weighted by molar-refractivity contribution is 0.0233. The highest BCUT2D eigenvalue weighted by atomic mass is 19.1. The van der Waals surface area contributed by atoms with Gasteiger partial charge >= 0.3 is 0 Å². The van der Waals surface area contributed by atoms with Crippen LogP contribution in [0.15, 0.2) is 36.5 Å². The minimum absolute atomic E-state index is 0.0380. The van der Waals surface area contributed by atoms with Gasteiger partial charge in [-0.1, -0.05) is 12.1 Å².